The highest BCUT2D eigenvalue weighted by molar-refractivity contribution is 7.07. The summed E-state index contributed by atoms with van der Waals surface area (Å²) in [7, 11) is 0. The number of aromatic nitrogens is 4. The molecule has 0 amide bonds. The first-order valence-electron chi connectivity index (χ1n) is 9.99. The van der Waals surface area contributed by atoms with Crippen LogP contribution in [0.1, 0.15) is 17.5 Å². The van der Waals surface area contributed by atoms with Crippen molar-refractivity contribution in [3.8, 4) is 0 Å². The van der Waals surface area contributed by atoms with Gasteiger partial charge >= 0.3 is 0 Å². The van der Waals surface area contributed by atoms with Crippen LogP contribution in [0.2, 0.25) is 0 Å². The molecular weight excluding hydrogens is 396 g/mol. The summed E-state index contributed by atoms with van der Waals surface area (Å²) in [6, 6.07) is 9.94. The third kappa shape index (κ3) is 4.87. The minimum atomic E-state index is 0.577. The van der Waals surface area contributed by atoms with E-state index in [0.29, 0.717) is 24.9 Å². The molecule has 0 radical (unpaired) electrons. The number of benzene rings is 1. The molecule has 30 heavy (non-hydrogen) atoms. The molecule has 8 nitrogen and oxygen atoms in total. The zero-order chi connectivity index (χ0) is 20.8. The molecule has 156 valence electrons. The predicted octanol–water partition coefficient (Wildman–Crippen LogP) is 3.09. The fraction of sp³-hybridized carbons (Fsp3) is 0.286. The van der Waals surface area contributed by atoms with E-state index < -0.39 is 0 Å². The number of nitrogen functional groups attached to an aromatic ring is 1. The second-order valence-electron chi connectivity index (χ2n) is 7.05. The van der Waals surface area contributed by atoms with Gasteiger partial charge in [0, 0.05) is 25.3 Å². The van der Waals surface area contributed by atoms with Crippen molar-refractivity contribution in [1.82, 2.24) is 19.5 Å². The van der Waals surface area contributed by atoms with Gasteiger partial charge in [0.25, 0.3) is 0 Å². The molecule has 6 N–H and O–H groups in total. The molecule has 4 rings (SSSR count). The van der Waals surface area contributed by atoms with Crippen LogP contribution in [0.4, 0.5) is 17.5 Å². The molecule has 0 fully saturated rings. The Morgan fingerprint density at radius 1 is 1.03 bits per heavy atom. The second kappa shape index (κ2) is 9.55. The number of imidazole rings is 1. The van der Waals surface area contributed by atoms with Crippen LogP contribution in [0.3, 0.4) is 0 Å². The van der Waals surface area contributed by atoms with E-state index in [4.69, 9.17) is 16.5 Å². The molecule has 0 saturated carbocycles. The Bertz CT molecular complexity index is 1070. The van der Waals surface area contributed by atoms with Gasteiger partial charge in [0.2, 0.25) is 5.95 Å². The van der Waals surface area contributed by atoms with Crippen molar-refractivity contribution in [2.75, 3.05) is 29.5 Å². The minimum absolute atomic E-state index is 0.577. The largest absolute Gasteiger partial charge is 0.399 e. The van der Waals surface area contributed by atoms with Crippen LogP contribution in [0.5, 0.6) is 0 Å². The summed E-state index contributed by atoms with van der Waals surface area (Å²) < 4.78 is 2.08. The van der Waals surface area contributed by atoms with Crippen LogP contribution in [-0.4, -0.2) is 32.6 Å². The molecule has 0 spiro atoms. The SMILES string of the molecule is NCCCNc1nc(NCc2ccc(N)cc2)c2ncn(CCc3ccsc3)c2n1. The zero-order valence-corrected chi connectivity index (χ0v) is 17.5. The van der Waals surface area contributed by atoms with Crippen LogP contribution in [-0.2, 0) is 19.5 Å². The highest BCUT2D eigenvalue weighted by atomic mass is 32.1. The molecule has 0 aliphatic rings. The Kier molecular flexibility index (Phi) is 6.41. The number of hydrogen-bond donors (Lipinski definition) is 4. The quantitative estimate of drug-likeness (QED) is 0.229. The number of hydrogen-bond acceptors (Lipinski definition) is 8. The van der Waals surface area contributed by atoms with E-state index in [1.54, 1.807) is 11.3 Å². The maximum Gasteiger partial charge on any atom is 0.226 e. The maximum atomic E-state index is 5.78. The van der Waals surface area contributed by atoms with Crippen molar-refractivity contribution in [3.63, 3.8) is 0 Å². The summed E-state index contributed by atoms with van der Waals surface area (Å²) in [6.45, 7) is 2.78. The normalized spacial score (nSPS) is 11.1. The average molecular weight is 423 g/mol. The molecule has 3 heterocycles. The lowest BCUT2D eigenvalue weighted by Crippen LogP contribution is -2.12. The lowest BCUT2D eigenvalue weighted by atomic mass is 10.2. The molecule has 0 saturated heterocycles. The van der Waals surface area contributed by atoms with Crippen molar-refractivity contribution in [1.29, 1.82) is 0 Å². The van der Waals surface area contributed by atoms with Gasteiger partial charge in [-0.05, 0) is 59.5 Å². The molecule has 0 aliphatic carbocycles. The van der Waals surface area contributed by atoms with Crippen LogP contribution >= 0.6 is 11.3 Å². The molecule has 0 aliphatic heterocycles. The van der Waals surface area contributed by atoms with Gasteiger partial charge in [-0.3, -0.25) is 0 Å². The second-order valence-corrected chi connectivity index (χ2v) is 7.83. The molecular formula is C21H26N8S. The Labute approximate surface area is 179 Å². The van der Waals surface area contributed by atoms with Gasteiger partial charge < -0.3 is 26.7 Å². The predicted molar refractivity (Wildman–Crippen MR) is 124 cm³/mol. The van der Waals surface area contributed by atoms with Crippen molar-refractivity contribution in [3.05, 3.63) is 58.5 Å². The Balaban J connectivity index is 1.58. The summed E-state index contributed by atoms with van der Waals surface area (Å²) in [5, 5.41) is 11.0. The fourth-order valence-corrected chi connectivity index (χ4v) is 3.82. The van der Waals surface area contributed by atoms with Crippen molar-refractivity contribution < 1.29 is 0 Å². The van der Waals surface area contributed by atoms with Gasteiger partial charge in [0.15, 0.2) is 17.0 Å². The molecule has 9 heteroatoms. The Morgan fingerprint density at radius 3 is 2.67 bits per heavy atom. The first kappa shape index (κ1) is 20.1. The third-order valence-electron chi connectivity index (χ3n) is 4.79. The van der Waals surface area contributed by atoms with E-state index in [1.165, 1.54) is 5.56 Å². The molecule has 3 aromatic heterocycles. The number of rotatable bonds is 10. The number of anilines is 3. The topological polar surface area (TPSA) is 120 Å². The van der Waals surface area contributed by atoms with Gasteiger partial charge in [-0.15, -0.1) is 0 Å². The van der Waals surface area contributed by atoms with E-state index in [1.807, 2.05) is 30.6 Å². The summed E-state index contributed by atoms with van der Waals surface area (Å²) in [5.74, 6) is 1.29. The monoisotopic (exact) mass is 422 g/mol. The fourth-order valence-electron chi connectivity index (χ4n) is 3.12. The number of aryl methyl sites for hydroxylation is 2. The first-order valence-corrected chi connectivity index (χ1v) is 10.9. The lowest BCUT2D eigenvalue weighted by Gasteiger charge is -2.11. The summed E-state index contributed by atoms with van der Waals surface area (Å²) >= 11 is 1.71. The number of nitrogens with zero attached hydrogens (tertiary/aromatic N) is 4. The van der Waals surface area contributed by atoms with Gasteiger partial charge in [-0.2, -0.15) is 21.3 Å². The highest BCUT2D eigenvalue weighted by Crippen LogP contribution is 2.22. The molecule has 0 unspecified atom stereocenters. The van der Waals surface area contributed by atoms with Gasteiger partial charge in [-0.25, -0.2) is 4.98 Å². The van der Waals surface area contributed by atoms with Gasteiger partial charge in [0.05, 0.1) is 6.33 Å². The van der Waals surface area contributed by atoms with E-state index in [-0.39, 0.29) is 0 Å². The molecule has 0 bridgehead atoms. The lowest BCUT2D eigenvalue weighted by molar-refractivity contribution is 0.710. The van der Waals surface area contributed by atoms with E-state index in [9.17, 15) is 0 Å². The van der Waals surface area contributed by atoms with Gasteiger partial charge in [0.1, 0.15) is 0 Å². The van der Waals surface area contributed by atoms with Crippen molar-refractivity contribution in [2.24, 2.45) is 5.73 Å². The Morgan fingerprint density at radius 2 is 1.90 bits per heavy atom. The van der Waals surface area contributed by atoms with Crippen molar-refractivity contribution in [2.45, 2.75) is 25.9 Å². The standard InChI is InChI=1S/C21H26N8S/c22-8-1-9-24-21-27-19(25-12-15-2-4-17(23)5-3-15)18-20(28-21)29(14-26-18)10-6-16-7-11-30-13-16/h2-5,7,11,13-14H,1,6,8-10,12,22-23H2,(H2,24,25,27,28). The van der Waals surface area contributed by atoms with Crippen LogP contribution < -0.4 is 22.1 Å². The molecule has 4 aromatic rings. The van der Waals surface area contributed by atoms with Gasteiger partial charge in [-0.1, -0.05) is 12.1 Å². The van der Waals surface area contributed by atoms with Crippen LogP contribution in [0.15, 0.2) is 47.4 Å². The number of nitrogens with one attached hydrogen (secondary N) is 2. The number of thiophene rings is 1. The summed E-state index contributed by atoms with van der Waals surface area (Å²) in [6.07, 6.45) is 3.62. The summed E-state index contributed by atoms with van der Waals surface area (Å²) in [4.78, 5) is 14.0. The molecule has 1 aromatic carbocycles. The number of nitrogens with two attached hydrogens (primary N) is 2. The van der Waals surface area contributed by atoms with Crippen LogP contribution in [0.25, 0.3) is 11.2 Å². The summed E-state index contributed by atoms with van der Waals surface area (Å²) in [5.41, 5.74) is 16.2. The number of fused-ring (bicyclic) bond motifs is 1. The highest BCUT2D eigenvalue weighted by Gasteiger charge is 2.13. The van der Waals surface area contributed by atoms with E-state index in [0.717, 1.165) is 48.3 Å². The van der Waals surface area contributed by atoms with Crippen molar-refractivity contribution >= 4 is 40.0 Å². The molecule has 0 atom stereocenters. The van der Waals surface area contributed by atoms with E-state index >= 15 is 0 Å². The Hall–Kier alpha value is -3.17. The maximum absolute atomic E-state index is 5.78. The average Bonchev–Trinajstić information content (AvgIpc) is 3.42. The first-order chi connectivity index (χ1) is 14.7. The smallest absolute Gasteiger partial charge is 0.226 e. The zero-order valence-electron chi connectivity index (χ0n) is 16.7. The van der Waals surface area contributed by atoms with E-state index in [2.05, 4.69) is 42.0 Å². The van der Waals surface area contributed by atoms with Crippen LogP contribution in [0, 0.1) is 0 Å². The minimum Gasteiger partial charge on any atom is -0.399 e. The third-order valence-corrected chi connectivity index (χ3v) is 5.52.